The van der Waals surface area contributed by atoms with Crippen LogP contribution < -0.4 is 0 Å². The SMILES string of the molecule is Cc1c(C(=O)C=O)c(C)c([N+](=O)[O-])c(C(C)(C)C)c1[N+](=O)[O-]. The lowest BCUT2D eigenvalue weighted by atomic mass is 9.80. The third-order valence-electron chi connectivity index (χ3n) is 3.40. The van der Waals surface area contributed by atoms with Gasteiger partial charge in [-0.2, -0.15) is 0 Å². The van der Waals surface area contributed by atoms with Crippen molar-refractivity contribution < 1.29 is 19.4 Å². The first kappa shape index (κ1) is 17.4. The molecule has 8 nitrogen and oxygen atoms in total. The highest BCUT2D eigenvalue weighted by Gasteiger charge is 2.40. The number of carbonyl (C=O) groups is 2. The number of nitro groups is 2. The van der Waals surface area contributed by atoms with Gasteiger partial charge in [0.2, 0.25) is 5.78 Å². The first-order valence-electron chi connectivity index (χ1n) is 6.41. The maximum absolute atomic E-state index is 11.8. The fourth-order valence-corrected chi connectivity index (χ4v) is 2.60. The summed E-state index contributed by atoms with van der Waals surface area (Å²) >= 11 is 0. The van der Waals surface area contributed by atoms with E-state index in [0.29, 0.717) is 0 Å². The van der Waals surface area contributed by atoms with Gasteiger partial charge in [0.25, 0.3) is 11.4 Å². The van der Waals surface area contributed by atoms with Gasteiger partial charge in [-0.15, -0.1) is 0 Å². The van der Waals surface area contributed by atoms with Crippen molar-refractivity contribution in [3.05, 3.63) is 42.5 Å². The molecule has 118 valence electrons. The number of benzene rings is 1. The minimum atomic E-state index is -1.01. The molecule has 0 aliphatic rings. The zero-order valence-electron chi connectivity index (χ0n) is 12.9. The number of rotatable bonds is 4. The van der Waals surface area contributed by atoms with E-state index < -0.39 is 32.4 Å². The molecule has 0 atom stereocenters. The van der Waals surface area contributed by atoms with Crippen LogP contribution in [0.5, 0.6) is 0 Å². The van der Waals surface area contributed by atoms with Crippen LogP contribution in [0.15, 0.2) is 0 Å². The van der Waals surface area contributed by atoms with Crippen molar-refractivity contribution in [3.8, 4) is 0 Å². The molecular formula is C14H16N2O6. The van der Waals surface area contributed by atoms with Crippen LogP contribution in [0.2, 0.25) is 0 Å². The van der Waals surface area contributed by atoms with Crippen LogP contribution in [0.1, 0.15) is 47.8 Å². The van der Waals surface area contributed by atoms with Crippen molar-refractivity contribution >= 4 is 23.4 Å². The molecule has 1 aromatic rings. The first-order chi connectivity index (χ1) is 9.95. The summed E-state index contributed by atoms with van der Waals surface area (Å²) in [6, 6.07) is 0. The smallest absolute Gasteiger partial charge is 0.283 e. The molecule has 1 aromatic carbocycles. The van der Waals surface area contributed by atoms with Crippen LogP contribution >= 0.6 is 0 Å². The van der Waals surface area contributed by atoms with Crippen LogP contribution in [0.25, 0.3) is 0 Å². The fraction of sp³-hybridized carbons (Fsp3) is 0.429. The summed E-state index contributed by atoms with van der Waals surface area (Å²) < 4.78 is 0. The van der Waals surface area contributed by atoms with Gasteiger partial charge in [-0.3, -0.25) is 29.8 Å². The Morgan fingerprint density at radius 2 is 1.36 bits per heavy atom. The zero-order valence-corrected chi connectivity index (χ0v) is 12.9. The molecule has 8 heteroatoms. The average Bonchev–Trinajstić information content (AvgIpc) is 2.35. The number of Topliss-reactive ketones (excluding diaryl/α,β-unsaturated/α-hetero) is 1. The summed E-state index contributed by atoms with van der Waals surface area (Å²) in [6.45, 7) is 7.48. The summed E-state index contributed by atoms with van der Waals surface area (Å²) in [5, 5.41) is 22.8. The highest BCUT2D eigenvalue weighted by Crippen LogP contribution is 2.44. The molecule has 0 N–H and O–H groups in total. The van der Waals surface area contributed by atoms with Gasteiger partial charge in [-0.1, -0.05) is 20.8 Å². The molecule has 22 heavy (non-hydrogen) atoms. The highest BCUT2D eigenvalue weighted by molar-refractivity contribution is 6.34. The third-order valence-corrected chi connectivity index (χ3v) is 3.40. The van der Waals surface area contributed by atoms with Gasteiger partial charge in [0.1, 0.15) is 5.56 Å². The van der Waals surface area contributed by atoms with Gasteiger partial charge < -0.3 is 0 Å². The number of nitro benzene ring substituents is 2. The second-order valence-corrected chi connectivity index (χ2v) is 5.94. The van der Waals surface area contributed by atoms with E-state index in [4.69, 9.17) is 0 Å². The molecule has 0 fully saturated rings. The van der Waals surface area contributed by atoms with Crippen molar-refractivity contribution in [1.29, 1.82) is 0 Å². The lowest BCUT2D eigenvalue weighted by molar-refractivity contribution is -0.397. The Bertz CT molecular complexity index is 659. The van der Waals surface area contributed by atoms with Crippen LogP contribution in [-0.4, -0.2) is 21.9 Å². The van der Waals surface area contributed by atoms with E-state index in [1.807, 2.05) is 0 Å². The molecule has 0 amide bonds. The summed E-state index contributed by atoms with van der Waals surface area (Å²) in [5.41, 5.74) is -2.26. The fourth-order valence-electron chi connectivity index (χ4n) is 2.60. The molecule has 0 saturated carbocycles. The van der Waals surface area contributed by atoms with Crippen molar-refractivity contribution in [2.75, 3.05) is 0 Å². The van der Waals surface area contributed by atoms with Crippen LogP contribution in [0.3, 0.4) is 0 Å². The summed E-state index contributed by atoms with van der Waals surface area (Å²) in [7, 11) is 0. The molecule has 0 unspecified atom stereocenters. The quantitative estimate of drug-likeness (QED) is 0.277. The van der Waals surface area contributed by atoms with E-state index in [1.54, 1.807) is 20.8 Å². The Kier molecular flexibility index (Phi) is 4.45. The largest absolute Gasteiger partial charge is 0.294 e. The number of hydrogen-bond acceptors (Lipinski definition) is 6. The zero-order chi connectivity index (χ0) is 17.4. The van der Waals surface area contributed by atoms with E-state index in [1.165, 1.54) is 13.8 Å². The highest BCUT2D eigenvalue weighted by atomic mass is 16.6. The molecule has 0 aliphatic heterocycles. The second-order valence-electron chi connectivity index (χ2n) is 5.94. The molecular weight excluding hydrogens is 292 g/mol. The maximum atomic E-state index is 11.8. The number of carbonyl (C=O) groups excluding carboxylic acids is 2. The maximum Gasteiger partial charge on any atom is 0.283 e. The molecule has 0 saturated heterocycles. The minimum Gasteiger partial charge on any atom is -0.294 e. The van der Waals surface area contributed by atoms with E-state index in [0.717, 1.165) is 0 Å². The van der Waals surface area contributed by atoms with Gasteiger partial charge in [-0.25, -0.2) is 0 Å². The van der Waals surface area contributed by atoms with Crippen molar-refractivity contribution in [1.82, 2.24) is 0 Å². The van der Waals surface area contributed by atoms with Crippen LogP contribution in [-0.2, 0) is 10.2 Å². The Hall–Kier alpha value is -2.64. The predicted molar refractivity (Wildman–Crippen MR) is 78.3 cm³/mol. The molecule has 0 radical (unpaired) electrons. The second kappa shape index (κ2) is 5.63. The van der Waals surface area contributed by atoms with Gasteiger partial charge >= 0.3 is 0 Å². The molecule has 1 rings (SSSR count). The van der Waals surface area contributed by atoms with E-state index >= 15 is 0 Å². The third kappa shape index (κ3) is 2.72. The number of hydrogen-bond donors (Lipinski definition) is 0. The van der Waals surface area contributed by atoms with E-state index in [2.05, 4.69) is 0 Å². The molecule has 0 bridgehead atoms. The Balaban J connectivity index is 4.18. The number of ketones is 1. The summed E-state index contributed by atoms with van der Waals surface area (Å²) in [4.78, 5) is 43.9. The molecule has 0 spiro atoms. The van der Waals surface area contributed by atoms with Crippen molar-refractivity contribution in [2.24, 2.45) is 0 Å². The number of nitrogens with zero attached hydrogens (tertiary/aromatic N) is 2. The molecule has 0 aromatic heterocycles. The summed E-state index contributed by atoms with van der Waals surface area (Å²) in [6.07, 6.45) is -0.000450. The number of aldehydes is 1. The van der Waals surface area contributed by atoms with Crippen LogP contribution in [0.4, 0.5) is 11.4 Å². The minimum absolute atomic E-state index is 0.000450. The van der Waals surface area contributed by atoms with E-state index in [9.17, 15) is 29.8 Å². The molecule has 0 heterocycles. The average molecular weight is 308 g/mol. The molecule has 0 aliphatic carbocycles. The van der Waals surface area contributed by atoms with Crippen molar-refractivity contribution in [2.45, 2.75) is 40.0 Å². The van der Waals surface area contributed by atoms with Gasteiger partial charge in [0, 0.05) is 22.1 Å². The van der Waals surface area contributed by atoms with Gasteiger partial charge in [-0.05, 0) is 13.8 Å². The Labute approximate surface area is 126 Å². The summed E-state index contributed by atoms with van der Waals surface area (Å²) in [5.74, 6) is -1.01. The van der Waals surface area contributed by atoms with Crippen LogP contribution in [0, 0.1) is 34.1 Å². The van der Waals surface area contributed by atoms with Gasteiger partial charge in [0.05, 0.1) is 9.85 Å². The van der Waals surface area contributed by atoms with E-state index in [-0.39, 0.29) is 28.5 Å². The predicted octanol–water partition coefficient (Wildman–Crippen LogP) is 2.80. The lowest BCUT2D eigenvalue weighted by Crippen LogP contribution is -2.21. The first-order valence-corrected chi connectivity index (χ1v) is 6.41. The Morgan fingerprint density at radius 3 is 1.59 bits per heavy atom. The standard InChI is InChI=1S/C14H16N2O6/c1-7-10(9(18)6-17)8(2)13(16(21)22)11(14(3,4)5)12(7)15(19)20/h6H,1-5H3. The normalized spacial score (nSPS) is 11.1. The lowest BCUT2D eigenvalue weighted by Gasteiger charge is -2.22. The van der Waals surface area contributed by atoms with Crippen molar-refractivity contribution in [3.63, 3.8) is 0 Å². The topological polar surface area (TPSA) is 120 Å². The monoisotopic (exact) mass is 308 g/mol. The van der Waals surface area contributed by atoms with Gasteiger partial charge in [0.15, 0.2) is 6.29 Å². The Morgan fingerprint density at radius 1 is 1.00 bits per heavy atom.